The summed E-state index contributed by atoms with van der Waals surface area (Å²) >= 11 is 0. The summed E-state index contributed by atoms with van der Waals surface area (Å²) in [6.45, 7) is 2.01. The lowest BCUT2D eigenvalue weighted by atomic mass is 10.2. The predicted octanol–water partition coefficient (Wildman–Crippen LogP) is 1.92. The Labute approximate surface area is 121 Å². The Bertz CT molecular complexity index is 474. The van der Waals surface area contributed by atoms with Gasteiger partial charge >= 0.3 is 0 Å². The summed E-state index contributed by atoms with van der Waals surface area (Å²) in [6.07, 6.45) is 3.28. The number of sulfonamides is 1. The van der Waals surface area contributed by atoms with Gasteiger partial charge < -0.3 is 0 Å². The molecule has 0 aliphatic carbocycles. The third-order valence-electron chi connectivity index (χ3n) is 2.88. The Kier molecular flexibility index (Phi) is 9.38. The molecule has 110 valence electrons. The van der Waals surface area contributed by atoms with Crippen molar-refractivity contribution in [1.29, 1.82) is 15.8 Å². The smallest absolute Gasteiger partial charge is 0.211 e. The summed E-state index contributed by atoms with van der Waals surface area (Å²) in [5, 5.41) is 24.6. The fourth-order valence-corrected chi connectivity index (χ4v) is 2.99. The molecule has 0 bridgehead atoms. The van der Waals surface area contributed by atoms with Gasteiger partial charge in [-0.25, -0.2) is 12.7 Å². The van der Waals surface area contributed by atoms with Gasteiger partial charge in [0.1, 0.15) is 0 Å². The molecule has 0 spiro atoms. The van der Waals surface area contributed by atoms with Crippen LogP contribution in [-0.2, 0) is 10.0 Å². The van der Waals surface area contributed by atoms with E-state index in [0.29, 0.717) is 51.6 Å². The minimum absolute atomic E-state index is 0.322. The third kappa shape index (κ3) is 6.52. The molecule has 0 amide bonds. The Morgan fingerprint density at radius 3 is 1.75 bits per heavy atom. The SMILES string of the molecule is CC(C#N)S(=O)(=O)N(CCCCC#N)CCCCC#N. The highest BCUT2D eigenvalue weighted by Crippen LogP contribution is 2.12. The fraction of sp³-hybridized carbons (Fsp3) is 0.769. The maximum atomic E-state index is 12.2. The van der Waals surface area contributed by atoms with E-state index in [2.05, 4.69) is 0 Å². The van der Waals surface area contributed by atoms with Crippen molar-refractivity contribution in [3.8, 4) is 18.2 Å². The van der Waals surface area contributed by atoms with Gasteiger partial charge in [0.25, 0.3) is 0 Å². The highest BCUT2D eigenvalue weighted by molar-refractivity contribution is 7.89. The average molecular weight is 296 g/mol. The van der Waals surface area contributed by atoms with E-state index < -0.39 is 15.3 Å². The van der Waals surface area contributed by atoms with Crippen LogP contribution in [0.5, 0.6) is 0 Å². The van der Waals surface area contributed by atoms with Gasteiger partial charge in [-0.15, -0.1) is 0 Å². The van der Waals surface area contributed by atoms with E-state index in [1.807, 2.05) is 12.1 Å². The van der Waals surface area contributed by atoms with Crippen molar-refractivity contribution in [3.05, 3.63) is 0 Å². The summed E-state index contributed by atoms with van der Waals surface area (Å²) in [5.74, 6) is 0. The lowest BCUT2D eigenvalue weighted by molar-refractivity contribution is 0.389. The van der Waals surface area contributed by atoms with Gasteiger partial charge in [0.2, 0.25) is 10.0 Å². The molecule has 0 rings (SSSR count). The number of hydrogen-bond acceptors (Lipinski definition) is 5. The molecule has 0 aromatic heterocycles. The Hall–Kier alpha value is -1.62. The Morgan fingerprint density at radius 1 is 0.950 bits per heavy atom. The normalized spacial score (nSPS) is 12.3. The van der Waals surface area contributed by atoms with Crippen molar-refractivity contribution in [3.63, 3.8) is 0 Å². The van der Waals surface area contributed by atoms with E-state index in [-0.39, 0.29) is 0 Å². The Balaban J connectivity index is 4.59. The van der Waals surface area contributed by atoms with Crippen LogP contribution >= 0.6 is 0 Å². The summed E-state index contributed by atoms with van der Waals surface area (Å²) in [7, 11) is -3.62. The molecule has 0 N–H and O–H groups in total. The second-order valence-electron chi connectivity index (χ2n) is 4.45. The van der Waals surface area contributed by atoms with Crippen LogP contribution in [0.1, 0.15) is 45.4 Å². The lowest BCUT2D eigenvalue weighted by Crippen LogP contribution is -2.38. The molecule has 0 saturated heterocycles. The topological polar surface area (TPSA) is 109 Å². The van der Waals surface area contributed by atoms with Crippen LogP contribution < -0.4 is 0 Å². The first-order valence-corrected chi connectivity index (χ1v) is 8.13. The number of unbranched alkanes of at least 4 members (excludes halogenated alkanes) is 4. The number of nitrogens with zero attached hydrogens (tertiary/aromatic N) is 4. The standard InChI is InChI=1S/C13H20N4O2S/c1-13(12-16)20(18,19)17(10-6-2-4-8-14)11-7-3-5-9-15/h13H,2-7,10-11H2,1H3. The van der Waals surface area contributed by atoms with Gasteiger partial charge in [0, 0.05) is 25.9 Å². The highest BCUT2D eigenvalue weighted by atomic mass is 32.2. The van der Waals surface area contributed by atoms with Gasteiger partial charge in [0.05, 0.1) is 18.2 Å². The van der Waals surface area contributed by atoms with Crippen molar-refractivity contribution in [2.75, 3.05) is 13.1 Å². The molecule has 0 heterocycles. The van der Waals surface area contributed by atoms with Crippen LogP contribution in [-0.4, -0.2) is 31.1 Å². The molecule has 7 heteroatoms. The molecule has 0 aliphatic heterocycles. The maximum absolute atomic E-state index is 12.2. The number of rotatable bonds is 10. The quantitative estimate of drug-likeness (QED) is 0.572. The summed E-state index contributed by atoms with van der Waals surface area (Å²) in [5.41, 5.74) is 0. The number of nitriles is 3. The molecule has 0 radical (unpaired) electrons. The molecule has 6 nitrogen and oxygen atoms in total. The van der Waals surface area contributed by atoms with Crippen LogP contribution in [0.15, 0.2) is 0 Å². The fourth-order valence-electron chi connectivity index (χ4n) is 1.64. The van der Waals surface area contributed by atoms with Gasteiger partial charge in [-0.3, -0.25) is 0 Å². The van der Waals surface area contributed by atoms with Crippen molar-refractivity contribution >= 4 is 10.0 Å². The summed E-state index contributed by atoms with van der Waals surface area (Å²) in [6, 6.07) is 5.79. The molecule has 0 saturated carbocycles. The van der Waals surface area contributed by atoms with Gasteiger partial charge in [-0.1, -0.05) is 0 Å². The second-order valence-corrected chi connectivity index (χ2v) is 6.70. The summed E-state index contributed by atoms with van der Waals surface area (Å²) < 4.78 is 25.6. The Morgan fingerprint density at radius 2 is 1.40 bits per heavy atom. The molecule has 0 aromatic rings. The van der Waals surface area contributed by atoms with Crippen LogP contribution in [0.2, 0.25) is 0 Å². The van der Waals surface area contributed by atoms with Crippen LogP contribution in [0.25, 0.3) is 0 Å². The zero-order valence-electron chi connectivity index (χ0n) is 11.7. The molecule has 0 aromatic carbocycles. The van der Waals surface area contributed by atoms with Crippen LogP contribution in [0, 0.1) is 34.0 Å². The highest BCUT2D eigenvalue weighted by Gasteiger charge is 2.27. The van der Waals surface area contributed by atoms with Gasteiger partial charge in [0.15, 0.2) is 5.25 Å². The number of hydrogen-bond donors (Lipinski definition) is 0. The van der Waals surface area contributed by atoms with Gasteiger partial charge in [-0.05, 0) is 32.6 Å². The molecule has 1 atom stereocenters. The average Bonchev–Trinajstić information content (AvgIpc) is 2.44. The lowest BCUT2D eigenvalue weighted by Gasteiger charge is -2.23. The van der Waals surface area contributed by atoms with E-state index in [9.17, 15) is 8.42 Å². The first-order valence-electron chi connectivity index (χ1n) is 6.63. The van der Waals surface area contributed by atoms with E-state index >= 15 is 0 Å². The largest absolute Gasteiger partial charge is 0.230 e. The molecule has 1 unspecified atom stereocenters. The zero-order valence-corrected chi connectivity index (χ0v) is 12.6. The predicted molar refractivity (Wildman–Crippen MR) is 74.5 cm³/mol. The zero-order chi connectivity index (χ0) is 15.4. The third-order valence-corrected chi connectivity index (χ3v) is 4.96. The van der Waals surface area contributed by atoms with Crippen LogP contribution in [0.4, 0.5) is 0 Å². The van der Waals surface area contributed by atoms with Crippen molar-refractivity contribution in [2.45, 2.75) is 50.7 Å². The second kappa shape index (κ2) is 10.2. The molecular weight excluding hydrogens is 276 g/mol. The van der Waals surface area contributed by atoms with E-state index in [1.54, 1.807) is 6.07 Å². The van der Waals surface area contributed by atoms with E-state index in [0.717, 1.165) is 0 Å². The van der Waals surface area contributed by atoms with Crippen LogP contribution in [0.3, 0.4) is 0 Å². The first-order chi connectivity index (χ1) is 9.50. The van der Waals surface area contributed by atoms with Crippen molar-refractivity contribution in [1.82, 2.24) is 4.31 Å². The summed E-state index contributed by atoms with van der Waals surface area (Å²) in [4.78, 5) is 0. The molecule has 20 heavy (non-hydrogen) atoms. The van der Waals surface area contributed by atoms with Crippen molar-refractivity contribution < 1.29 is 8.42 Å². The van der Waals surface area contributed by atoms with Crippen molar-refractivity contribution in [2.24, 2.45) is 0 Å². The monoisotopic (exact) mass is 296 g/mol. The molecular formula is C13H20N4O2S. The van der Waals surface area contributed by atoms with Gasteiger partial charge in [-0.2, -0.15) is 15.8 Å². The maximum Gasteiger partial charge on any atom is 0.230 e. The van der Waals surface area contributed by atoms with E-state index in [4.69, 9.17) is 15.8 Å². The van der Waals surface area contributed by atoms with E-state index in [1.165, 1.54) is 11.2 Å². The molecule has 0 aliphatic rings. The minimum atomic E-state index is -3.62. The first kappa shape index (κ1) is 18.4. The minimum Gasteiger partial charge on any atom is -0.211 e. The molecule has 0 fully saturated rings.